The first-order chi connectivity index (χ1) is 22.3. The minimum atomic E-state index is -1.83. The molecule has 8 rings (SSSR count). The fourth-order valence-electron chi connectivity index (χ4n) is 7.80. The van der Waals surface area contributed by atoms with Gasteiger partial charge in [-0.3, -0.25) is 0 Å². The molecule has 0 bridgehead atoms. The molecule has 0 N–H and O–H groups in total. The third kappa shape index (κ3) is 4.55. The first kappa shape index (κ1) is 31.4. The van der Waals surface area contributed by atoms with Gasteiger partial charge in [0.25, 0.3) is 0 Å². The summed E-state index contributed by atoms with van der Waals surface area (Å²) in [7, 11) is -3.65. The minimum Gasteiger partial charge on any atom is -0.455 e. The molecule has 48 heavy (non-hydrogen) atoms. The number of hydrogen-bond acceptors (Lipinski definition) is 2. The van der Waals surface area contributed by atoms with E-state index >= 15 is 0 Å². The summed E-state index contributed by atoms with van der Waals surface area (Å²) in [6, 6.07) is 27.8. The smallest absolute Gasteiger partial charge is 0.144 e. The van der Waals surface area contributed by atoms with Crippen LogP contribution in [-0.2, 0) is 10.8 Å². The van der Waals surface area contributed by atoms with E-state index in [1.807, 2.05) is 0 Å². The van der Waals surface area contributed by atoms with Crippen LogP contribution in [0.15, 0.2) is 81.6 Å². The molecular formula is C44H48O2Si2. The van der Waals surface area contributed by atoms with E-state index in [0.717, 1.165) is 33.1 Å². The molecule has 0 radical (unpaired) electrons. The number of fused-ring (bicyclic) bond motifs is 14. The Morgan fingerprint density at radius 2 is 0.792 bits per heavy atom. The highest BCUT2D eigenvalue weighted by Gasteiger charge is 2.31. The van der Waals surface area contributed by atoms with E-state index < -0.39 is 16.1 Å². The van der Waals surface area contributed by atoms with Crippen molar-refractivity contribution in [3.63, 3.8) is 0 Å². The lowest BCUT2D eigenvalue weighted by atomic mass is 9.85. The van der Waals surface area contributed by atoms with Crippen LogP contribution in [-0.4, -0.2) is 16.1 Å². The minimum absolute atomic E-state index is 0.0588. The molecule has 0 saturated carbocycles. The van der Waals surface area contributed by atoms with E-state index in [9.17, 15) is 0 Å². The summed E-state index contributed by atoms with van der Waals surface area (Å²) in [6.45, 7) is 28.5. The zero-order valence-electron chi connectivity index (χ0n) is 30.7. The average Bonchev–Trinajstić information content (AvgIpc) is 3.58. The van der Waals surface area contributed by atoms with Gasteiger partial charge in [-0.2, -0.15) is 0 Å². The van der Waals surface area contributed by atoms with Crippen LogP contribution in [0.4, 0.5) is 0 Å². The van der Waals surface area contributed by atoms with Crippen LogP contribution < -0.4 is 10.4 Å². The summed E-state index contributed by atoms with van der Waals surface area (Å²) in [5, 5.41) is 14.9. The first-order valence-electron chi connectivity index (χ1n) is 17.5. The Hall–Kier alpha value is -3.87. The lowest BCUT2D eigenvalue weighted by molar-refractivity contribution is 0.591. The van der Waals surface area contributed by atoms with Gasteiger partial charge in [0.2, 0.25) is 0 Å². The molecule has 0 aliphatic carbocycles. The zero-order chi connectivity index (χ0) is 34.3. The predicted octanol–water partition coefficient (Wildman–Crippen LogP) is 12.6. The Balaban J connectivity index is 1.71. The second-order valence-corrected chi connectivity index (χ2v) is 28.4. The number of benzene rings is 6. The van der Waals surface area contributed by atoms with Gasteiger partial charge in [-0.25, -0.2) is 0 Å². The van der Waals surface area contributed by atoms with E-state index in [0.29, 0.717) is 0 Å². The van der Waals surface area contributed by atoms with Gasteiger partial charge in [0.05, 0.1) is 16.1 Å². The Labute approximate surface area is 286 Å². The summed E-state index contributed by atoms with van der Waals surface area (Å²) in [4.78, 5) is 0. The number of hydrogen-bond donors (Lipinski definition) is 0. The lowest BCUT2D eigenvalue weighted by Gasteiger charge is -2.22. The molecule has 0 amide bonds. The molecule has 0 aliphatic heterocycles. The van der Waals surface area contributed by atoms with Crippen LogP contribution in [0.2, 0.25) is 39.3 Å². The molecule has 244 valence electrons. The van der Waals surface area contributed by atoms with E-state index in [1.165, 1.54) is 64.6 Å². The van der Waals surface area contributed by atoms with Gasteiger partial charge >= 0.3 is 0 Å². The third-order valence-electron chi connectivity index (χ3n) is 10.6. The van der Waals surface area contributed by atoms with Crippen LogP contribution in [0.25, 0.3) is 76.2 Å². The fourth-order valence-corrected chi connectivity index (χ4v) is 10.7. The van der Waals surface area contributed by atoms with E-state index in [4.69, 9.17) is 8.83 Å². The molecule has 0 fully saturated rings. The Kier molecular flexibility index (Phi) is 6.45. The quantitative estimate of drug-likeness (QED) is 0.172. The van der Waals surface area contributed by atoms with Gasteiger partial charge in [-0.1, -0.05) is 154 Å². The molecule has 2 heterocycles. The Morgan fingerprint density at radius 3 is 1.12 bits per heavy atom. The summed E-state index contributed by atoms with van der Waals surface area (Å²) >= 11 is 0. The molecule has 0 atom stereocenters. The van der Waals surface area contributed by atoms with Crippen LogP contribution in [0.3, 0.4) is 0 Å². The summed E-state index contributed by atoms with van der Waals surface area (Å²) in [6.07, 6.45) is 0. The molecule has 0 unspecified atom stereocenters. The van der Waals surface area contributed by atoms with Gasteiger partial charge in [-0.15, -0.1) is 0 Å². The fraction of sp³-hybridized carbons (Fsp3) is 0.318. The van der Waals surface area contributed by atoms with Crippen molar-refractivity contribution in [2.45, 2.75) is 91.7 Å². The molecule has 0 aliphatic rings. The first-order valence-corrected chi connectivity index (χ1v) is 24.5. The summed E-state index contributed by atoms with van der Waals surface area (Å²) in [5.74, 6) is 0. The molecule has 6 aromatic carbocycles. The second kappa shape index (κ2) is 9.86. The maximum atomic E-state index is 7.23. The number of rotatable bonds is 2. The zero-order valence-corrected chi connectivity index (χ0v) is 32.7. The van der Waals surface area contributed by atoms with E-state index in [2.05, 4.69) is 154 Å². The van der Waals surface area contributed by atoms with Crippen molar-refractivity contribution in [2.24, 2.45) is 0 Å². The molecule has 0 saturated heterocycles. The molecular weight excluding hydrogens is 617 g/mol. The summed E-state index contributed by atoms with van der Waals surface area (Å²) < 4.78 is 14.5. The average molecular weight is 665 g/mol. The van der Waals surface area contributed by atoms with Crippen molar-refractivity contribution < 1.29 is 8.83 Å². The van der Waals surface area contributed by atoms with Gasteiger partial charge in [-0.05, 0) is 53.9 Å². The van der Waals surface area contributed by atoms with E-state index in [-0.39, 0.29) is 10.8 Å². The van der Waals surface area contributed by atoms with Crippen molar-refractivity contribution in [2.75, 3.05) is 0 Å². The van der Waals surface area contributed by atoms with Crippen molar-refractivity contribution in [3.8, 4) is 0 Å². The molecule has 4 heteroatoms. The van der Waals surface area contributed by atoms with Crippen LogP contribution in [0, 0.1) is 0 Å². The molecule has 2 nitrogen and oxygen atoms in total. The van der Waals surface area contributed by atoms with Crippen LogP contribution in [0.5, 0.6) is 0 Å². The maximum Gasteiger partial charge on any atom is 0.144 e. The predicted molar refractivity (Wildman–Crippen MR) is 217 cm³/mol. The molecule has 8 aromatic rings. The monoisotopic (exact) mass is 664 g/mol. The van der Waals surface area contributed by atoms with Gasteiger partial charge in [0.1, 0.15) is 22.3 Å². The highest BCUT2D eigenvalue weighted by atomic mass is 28.3. The normalized spacial score (nSPS) is 13.8. The van der Waals surface area contributed by atoms with Crippen molar-refractivity contribution in [3.05, 3.63) is 83.9 Å². The Morgan fingerprint density at radius 1 is 0.417 bits per heavy atom. The molecule has 0 spiro atoms. The highest BCUT2D eigenvalue weighted by Crippen LogP contribution is 2.48. The van der Waals surface area contributed by atoms with Crippen LogP contribution in [0.1, 0.15) is 52.7 Å². The third-order valence-corrected chi connectivity index (χ3v) is 14.5. The number of furan rings is 2. The SMILES string of the molecule is CC(C)(C)c1ccc2c(c1)cc([Si](C)(C)C)c1oc3c4ccccc4c4oc5c([Si](C)(C)C)cc6cc(C(C)(C)C)ccc6c5c4c3c12. The second-order valence-electron chi connectivity index (χ2n) is 18.3. The largest absolute Gasteiger partial charge is 0.455 e. The lowest BCUT2D eigenvalue weighted by Crippen LogP contribution is -2.38. The standard InChI is InChI=1S/C44H48O2Si2/c1-43(2,3)27-17-19-29-25(21-27)23-33(47(7,8)9)41-35(29)37-38-36-30-20-18-28(44(4,5)6)22-26(30)24-34(48(10,11)12)42(36)46-40(38)32-16-14-13-15-31(32)39(37)45-41/h13-24H,1-12H3. The van der Waals surface area contributed by atoms with Crippen LogP contribution >= 0.6 is 0 Å². The molecule has 2 aromatic heterocycles. The Bertz CT molecular complexity index is 2450. The highest BCUT2D eigenvalue weighted by molar-refractivity contribution is 6.91. The topological polar surface area (TPSA) is 26.3 Å². The maximum absolute atomic E-state index is 7.23. The van der Waals surface area contributed by atoms with Crippen molar-refractivity contribution >= 4 is 103 Å². The van der Waals surface area contributed by atoms with Gasteiger partial charge in [0, 0.05) is 32.3 Å². The van der Waals surface area contributed by atoms with Gasteiger partial charge in [0.15, 0.2) is 0 Å². The van der Waals surface area contributed by atoms with Gasteiger partial charge < -0.3 is 8.83 Å². The van der Waals surface area contributed by atoms with Crippen molar-refractivity contribution in [1.29, 1.82) is 0 Å². The summed E-state index contributed by atoms with van der Waals surface area (Å²) in [5.41, 5.74) is 6.87. The van der Waals surface area contributed by atoms with Crippen molar-refractivity contribution in [1.82, 2.24) is 0 Å². The van der Waals surface area contributed by atoms with E-state index in [1.54, 1.807) is 0 Å².